The summed E-state index contributed by atoms with van der Waals surface area (Å²) in [5.41, 5.74) is 1.88. The molecule has 0 unspecified atom stereocenters. The first-order valence-electron chi connectivity index (χ1n) is 11.5. The molecule has 0 N–H and O–H groups in total. The van der Waals surface area contributed by atoms with Gasteiger partial charge in [0.05, 0.1) is 29.4 Å². The Bertz CT molecular complexity index is 1140. The maximum absolute atomic E-state index is 6.66. The van der Waals surface area contributed by atoms with E-state index in [4.69, 9.17) is 13.8 Å². The Morgan fingerprint density at radius 1 is 0.939 bits per heavy atom. The second-order valence-corrected chi connectivity index (χ2v) is 22.2. The van der Waals surface area contributed by atoms with Crippen molar-refractivity contribution < 1.29 is 8.85 Å². The molecule has 2 heterocycles. The van der Waals surface area contributed by atoms with E-state index in [9.17, 15) is 0 Å². The van der Waals surface area contributed by atoms with Gasteiger partial charge in [-0.15, -0.1) is 0 Å². The topological polar surface area (TPSA) is 49.2 Å². The molecule has 0 spiro atoms. The number of halogens is 1. The van der Waals surface area contributed by atoms with Crippen LogP contribution in [0.5, 0.6) is 5.75 Å². The minimum absolute atomic E-state index is 0.109. The SMILES string of the molecule is CC(C)(C)[Si](C)(C)OCc1cccc(-n2ncc3c(O[Si](C)(C)C(C)(C)C)cc(Br)cc32)n1. The molecule has 0 saturated carbocycles. The zero-order chi connectivity index (χ0) is 24.8. The van der Waals surface area contributed by atoms with Crippen LogP contribution in [0.3, 0.4) is 0 Å². The summed E-state index contributed by atoms with van der Waals surface area (Å²) in [6, 6.07) is 10.1. The molecule has 0 fully saturated rings. The summed E-state index contributed by atoms with van der Waals surface area (Å²) < 4.78 is 15.9. The van der Waals surface area contributed by atoms with Gasteiger partial charge in [0, 0.05) is 4.47 Å². The van der Waals surface area contributed by atoms with Crippen LogP contribution in [0.1, 0.15) is 47.2 Å². The Morgan fingerprint density at radius 2 is 1.58 bits per heavy atom. The lowest BCUT2D eigenvalue weighted by molar-refractivity contribution is 0.272. The Hall–Kier alpha value is -1.49. The van der Waals surface area contributed by atoms with Crippen LogP contribution in [-0.4, -0.2) is 31.4 Å². The fourth-order valence-corrected chi connectivity index (χ4v) is 5.28. The van der Waals surface area contributed by atoms with Crippen molar-refractivity contribution in [2.75, 3.05) is 0 Å². The molecule has 1 aromatic carbocycles. The number of pyridine rings is 1. The van der Waals surface area contributed by atoms with Crippen molar-refractivity contribution in [2.45, 2.75) is 84.4 Å². The van der Waals surface area contributed by atoms with Crippen molar-refractivity contribution in [3.05, 3.63) is 46.7 Å². The number of hydrogen-bond acceptors (Lipinski definition) is 4. The van der Waals surface area contributed by atoms with Crippen LogP contribution in [0.25, 0.3) is 16.7 Å². The van der Waals surface area contributed by atoms with E-state index in [0.29, 0.717) is 6.61 Å². The van der Waals surface area contributed by atoms with Gasteiger partial charge in [0.2, 0.25) is 0 Å². The predicted octanol–water partition coefficient (Wildman–Crippen LogP) is 8.09. The van der Waals surface area contributed by atoms with E-state index in [1.54, 1.807) is 0 Å². The van der Waals surface area contributed by atoms with Crippen molar-refractivity contribution in [3.63, 3.8) is 0 Å². The van der Waals surface area contributed by atoms with Crippen LogP contribution in [-0.2, 0) is 11.0 Å². The van der Waals surface area contributed by atoms with Gasteiger partial charge in [-0.25, -0.2) is 9.67 Å². The molecule has 2 aromatic heterocycles. The van der Waals surface area contributed by atoms with Crippen LogP contribution >= 0.6 is 15.9 Å². The van der Waals surface area contributed by atoms with Crippen molar-refractivity contribution in [3.8, 4) is 11.6 Å². The Labute approximate surface area is 209 Å². The maximum atomic E-state index is 6.66. The first-order chi connectivity index (χ1) is 15.0. The fourth-order valence-electron chi connectivity index (χ4n) is 2.89. The number of fused-ring (bicyclic) bond motifs is 1. The van der Waals surface area contributed by atoms with Crippen molar-refractivity contribution in [2.24, 2.45) is 0 Å². The quantitative estimate of drug-likeness (QED) is 0.292. The summed E-state index contributed by atoms with van der Waals surface area (Å²) in [5.74, 6) is 1.65. The van der Waals surface area contributed by atoms with Crippen molar-refractivity contribution in [1.82, 2.24) is 14.8 Å². The second-order valence-electron chi connectivity index (χ2n) is 11.8. The van der Waals surface area contributed by atoms with Gasteiger partial charge in [-0.1, -0.05) is 63.5 Å². The first kappa shape index (κ1) is 26.1. The minimum atomic E-state index is -2.00. The third kappa shape index (κ3) is 5.61. The van der Waals surface area contributed by atoms with E-state index in [1.807, 2.05) is 35.1 Å². The van der Waals surface area contributed by atoms with E-state index in [1.165, 1.54) is 0 Å². The molecule has 0 bridgehead atoms. The van der Waals surface area contributed by atoms with Gasteiger partial charge < -0.3 is 8.85 Å². The van der Waals surface area contributed by atoms with E-state index < -0.39 is 16.6 Å². The molecule has 3 aromatic rings. The second kappa shape index (κ2) is 8.94. The zero-order valence-corrected chi connectivity index (χ0v) is 25.3. The molecule has 0 aliphatic rings. The highest BCUT2D eigenvalue weighted by atomic mass is 79.9. The Kier molecular flexibility index (Phi) is 7.08. The smallest absolute Gasteiger partial charge is 0.250 e. The molecule has 180 valence electrons. The standard InChI is InChI=1S/C25H38BrN3O2Si2/c1-24(2,3)32(7,8)30-17-19-12-11-13-23(28-19)29-21-14-18(26)15-22(20(21)16-27-29)31-33(9,10)25(4,5)6/h11-16H,17H2,1-10H3. The summed E-state index contributed by atoms with van der Waals surface area (Å²) in [5, 5.41) is 5.95. The van der Waals surface area contributed by atoms with E-state index >= 15 is 0 Å². The number of nitrogens with zero attached hydrogens (tertiary/aromatic N) is 3. The third-order valence-electron chi connectivity index (χ3n) is 7.18. The summed E-state index contributed by atoms with van der Waals surface area (Å²) in [6.45, 7) is 23.1. The van der Waals surface area contributed by atoms with Gasteiger partial charge in [0.25, 0.3) is 8.32 Å². The number of benzene rings is 1. The summed E-state index contributed by atoms with van der Waals surface area (Å²) in [6.07, 6.45) is 1.88. The molecule has 0 atom stereocenters. The molecule has 8 heteroatoms. The first-order valence-corrected chi connectivity index (χ1v) is 18.1. The van der Waals surface area contributed by atoms with E-state index in [2.05, 4.69) is 94.8 Å². The Balaban J connectivity index is 1.96. The molecule has 33 heavy (non-hydrogen) atoms. The molecular weight excluding hydrogens is 510 g/mol. The monoisotopic (exact) mass is 547 g/mol. The van der Waals surface area contributed by atoms with Crippen molar-refractivity contribution in [1.29, 1.82) is 0 Å². The van der Waals surface area contributed by atoms with Gasteiger partial charge in [-0.3, -0.25) is 0 Å². The molecule has 5 nitrogen and oxygen atoms in total. The van der Waals surface area contributed by atoms with Gasteiger partial charge in [0.1, 0.15) is 5.75 Å². The van der Waals surface area contributed by atoms with Crippen LogP contribution in [0.4, 0.5) is 0 Å². The van der Waals surface area contributed by atoms with Crippen LogP contribution in [0, 0.1) is 0 Å². The fraction of sp³-hybridized carbons (Fsp3) is 0.520. The maximum Gasteiger partial charge on any atom is 0.250 e. The molecular formula is C25H38BrN3O2Si2. The van der Waals surface area contributed by atoms with Crippen LogP contribution in [0.15, 0.2) is 41.0 Å². The normalized spacial score (nSPS) is 13.5. The van der Waals surface area contributed by atoms with Crippen molar-refractivity contribution >= 4 is 43.5 Å². The average molecular weight is 549 g/mol. The Morgan fingerprint density at radius 3 is 2.18 bits per heavy atom. The highest BCUT2D eigenvalue weighted by Crippen LogP contribution is 2.40. The summed E-state index contributed by atoms with van der Waals surface area (Å²) in [7, 11) is -3.84. The summed E-state index contributed by atoms with van der Waals surface area (Å²) >= 11 is 3.67. The molecule has 0 saturated heterocycles. The van der Waals surface area contributed by atoms with Gasteiger partial charge >= 0.3 is 0 Å². The zero-order valence-electron chi connectivity index (χ0n) is 21.7. The van der Waals surface area contributed by atoms with Gasteiger partial charge in [0.15, 0.2) is 14.1 Å². The average Bonchev–Trinajstić information content (AvgIpc) is 3.08. The number of aromatic nitrogens is 3. The third-order valence-corrected chi connectivity index (χ3v) is 16.5. The van der Waals surface area contributed by atoms with E-state index in [0.717, 1.165) is 32.6 Å². The number of hydrogen-bond donors (Lipinski definition) is 0. The lowest BCUT2D eigenvalue weighted by Gasteiger charge is -2.36. The van der Waals surface area contributed by atoms with Gasteiger partial charge in [-0.2, -0.15) is 5.10 Å². The highest BCUT2D eigenvalue weighted by molar-refractivity contribution is 9.10. The lowest BCUT2D eigenvalue weighted by atomic mass is 10.2. The van der Waals surface area contributed by atoms with E-state index in [-0.39, 0.29) is 10.1 Å². The molecule has 3 rings (SSSR count). The highest BCUT2D eigenvalue weighted by Gasteiger charge is 2.39. The lowest BCUT2D eigenvalue weighted by Crippen LogP contribution is -2.43. The molecule has 0 aliphatic heterocycles. The predicted molar refractivity (Wildman–Crippen MR) is 146 cm³/mol. The number of rotatable bonds is 6. The minimum Gasteiger partial charge on any atom is -0.543 e. The molecule has 0 radical (unpaired) electrons. The molecule has 0 aliphatic carbocycles. The van der Waals surface area contributed by atoms with Crippen LogP contribution < -0.4 is 4.43 Å². The molecule has 0 amide bonds. The summed E-state index contributed by atoms with van der Waals surface area (Å²) in [4.78, 5) is 4.87. The van der Waals surface area contributed by atoms with Gasteiger partial charge in [-0.05, 0) is 60.5 Å². The largest absolute Gasteiger partial charge is 0.543 e. The van der Waals surface area contributed by atoms with Crippen LogP contribution in [0.2, 0.25) is 36.3 Å².